The van der Waals surface area contributed by atoms with Gasteiger partial charge in [0, 0.05) is 9.79 Å². The first-order chi connectivity index (χ1) is 19.3. The lowest BCUT2D eigenvalue weighted by Crippen LogP contribution is -1.98. The van der Waals surface area contributed by atoms with Crippen molar-refractivity contribution in [3.8, 4) is 0 Å². The minimum Gasteiger partial charge on any atom is -0.354 e. The molecular weight excluding hydrogens is 509 g/mol. The molecule has 0 bridgehead atoms. The molecule has 0 amide bonds. The van der Waals surface area contributed by atoms with E-state index in [0.29, 0.717) is 7.92 Å². The van der Waals surface area contributed by atoms with Crippen LogP contribution in [0.25, 0.3) is 0 Å². The van der Waals surface area contributed by atoms with Gasteiger partial charge >= 0.3 is 0 Å². The van der Waals surface area contributed by atoms with Crippen molar-refractivity contribution in [3.63, 3.8) is 0 Å². The van der Waals surface area contributed by atoms with Crippen molar-refractivity contribution in [2.45, 2.75) is 146 Å². The number of nitrogens with one attached hydrogen (secondary N) is 1. The maximum absolute atomic E-state index is 3.42. The molecule has 0 fully saturated rings. The molecule has 2 aromatic rings. The summed E-state index contributed by atoms with van der Waals surface area (Å²) in [6, 6.07) is 16.8. The van der Waals surface area contributed by atoms with Crippen molar-refractivity contribution >= 4 is 31.1 Å². The van der Waals surface area contributed by atoms with Gasteiger partial charge in [0.25, 0.3) is 0 Å². The van der Waals surface area contributed by atoms with Crippen LogP contribution in [0.1, 0.15) is 136 Å². The maximum Gasteiger partial charge on any atom is 0.0526 e. The van der Waals surface area contributed by atoms with Gasteiger partial charge in [-0.2, -0.15) is 0 Å². The van der Waals surface area contributed by atoms with Gasteiger partial charge in [-0.15, -0.1) is 7.92 Å². The molecule has 0 atom stereocenters. The highest BCUT2D eigenvalue weighted by molar-refractivity contribution is 7.99. The highest BCUT2D eigenvalue weighted by Crippen LogP contribution is 2.43. The second-order valence-corrected chi connectivity index (χ2v) is 15.1. The van der Waals surface area contributed by atoms with Gasteiger partial charge in [0.2, 0.25) is 0 Å². The Bertz CT molecular complexity index is 713. The molecule has 0 unspecified atom stereocenters. The molecule has 3 rings (SSSR count). The molecule has 0 saturated carbocycles. The summed E-state index contributed by atoms with van der Waals surface area (Å²) in [5, 5.41) is 3.42. The standard InChI is InChI=1S/C24H51P.C12H9NS/c1-4-7-10-13-16-19-22-25(23-20-17-14-11-8-5-2)24-21-18-15-12-9-6-3;1-3-7-11-9(5-1)13-10-6-2-4-8-12(10)14-11/h4-24H2,1-3H3;1-8,13H. The van der Waals surface area contributed by atoms with Gasteiger partial charge in [-0.1, -0.05) is 153 Å². The van der Waals surface area contributed by atoms with Crippen LogP contribution in [-0.4, -0.2) is 18.5 Å². The molecule has 0 spiro atoms. The predicted molar refractivity (Wildman–Crippen MR) is 182 cm³/mol. The van der Waals surface area contributed by atoms with Gasteiger partial charge in [0.05, 0.1) is 11.4 Å². The summed E-state index contributed by atoms with van der Waals surface area (Å²) < 4.78 is 0. The Balaban J connectivity index is 0.000000314. The van der Waals surface area contributed by atoms with E-state index in [1.54, 1.807) is 18.5 Å². The number of hydrogen-bond donors (Lipinski definition) is 1. The van der Waals surface area contributed by atoms with E-state index < -0.39 is 0 Å². The Morgan fingerprint density at radius 2 is 0.795 bits per heavy atom. The molecule has 2 aromatic carbocycles. The zero-order valence-electron chi connectivity index (χ0n) is 25.8. The Hall–Kier alpha value is -0.980. The molecule has 0 saturated heterocycles. The first-order valence-corrected chi connectivity index (χ1v) is 19.3. The largest absolute Gasteiger partial charge is 0.354 e. The molecule has 39 heavy (non-hydrogen) atoms. The highest BCUT2D eigenvalue weighted by atomic mass is 32.2. The lowest BCUT2D eigenvalue weighted by Gasteiger charge is -2.19. The number of fused-ring (bicyclic) bond motifs is 2. The fraction of sp³-hybridized carbons (Fsp3) is 0.667. The van der Waals surface area contributed by atoms with Crippen LogP contribution >= 0.6 is 19.7 Å². The third-order valence-electron chi connectivity index (χ3n) is 7.75. The van der Waals surface area contributed by atoms with Crippen molar-refractivity contribution in [1.82, 2.24) is 0 Å². The minimum absolute atomic E-state index is 0.366. The fourth-order valence-electron chi connectivity index (χ4n) is 5.26. The molecule has 1 N–H and O–H groups in total. The van der Waals surface area contributed by atoms with E-state index in [1.165, 1.54) is 137 Å². The normalized spacial score (nSPS) is 11.9. The van der Waals surface area contributed by atoms with Gasteiger partial charge in [-0.05, 0) is 62.0 Å². The van der Waals surface area contributed by atoms with Gasteiger partial charge in [0.15, 0.2) is 0 Å². The minimum atomic E-state index is 0.366. The first kappa shape index (κ1) is 34.2. The molecule has 1 aliphatic heterocycles. The number of anilines is 2. The summed E-state index contributed by atoms with van der Waals surface area (Å²) >= 11 is 1.82. The van der Waals surface area contributed by atoms with Crippen molar-refractivity contribution in [2.75, 3.05) is 23.8 Å². The average molecular weight is 570 g/mol. The second-order valence-electron chi connectivity index (χ2n) is 11.4. The fourth-order valence-corrected chi connectivity index (χ4v) is 8.94. The second kappa shape index (κ2) is 23.7. The number of hydrogen-bond acceptors (Lipinski definition) is 2. The first-order valence-electron chi connectivity index (χ1n) is 16.6. The number of rotatable bonds is 21. The Kier molecular flexibility index (Phi) is 20.8. The van der Waals surface area contributed by atoms with Crippen molar-refractivity contribution in [2.24, 2.45) is 0 Å². The summed E-state index contributed by atoms with van der Waals surface area (Å²) in [6.45, 7) is 6.96. The summed E-state index contributed by atoms with van der Waals surface area (Å²) in [4.78, 5) is 2.59. The van der Waals surface area contributed by atoms with E-state index >= 15 is 0 Å². The van der Waals surface area contributed by atoms with Crippen molar-refractivity contribution in [1.29, 1.82) is 0 Å². The smallest absolute Gasteiger partial charge is 0.0526 e. The lowest BCUT2D eigenvalue weighted by molar-refractivity contribution is 0.617. The van der Waals surface area contributed by atoms with Gasteiger partial charge in [-0.25, -0.2) is 0 Å². The number of para-hydroxylation sites is 2. The number of unbranched alkanes of at least 4 members (excludes halogenated alkanes) is 15. The lowest BCUT2D eigenvalue weighted by atomic mass is 10.1. The summed E-state index contributed by atoms with van der Waals surface area (Å²) in [7, 11) is 0.366. The van der Waals surface area contributed by atoms with Crippen LogP contribution in [0.5, 0.6) is 0 Å². The monoisotopic (exact) mass is 569 g/mol. The van der Waals surface area contributed by atoms with E-state index in [2.05, 4.69) is 74.6 Å². The van der Waals surface area contributed by atoms with E-state index in [-0.39, 0.29) is 0 Å². The van der Waals surface area contributed by atoms with Crippen molar-refractivity contribution < 1.29 is 0 Å². The van der Waals surface area contributed by atoms with Gasteiger partial charge < -0.3 is 5.32 Å². The summed E-state index contributed by atoms with van der Waals surface area (Å²) in [6.07, 6.45) is 31.2. The Morgan fingerprint density at radius 3 is 1.18 bits per heavy atom. The molecule has 220 valence electrons. The third kappa shape index (κ3) is 16.2. The zero-order chi connectivity index (χ0) is 27.8. The van der Waals surface area contributed by atoms with Crippen LogP contribution in [0.15, 0.2) is 58.3 Å². The molecule has 1 nitrogen and oxygen atoms in total. The molecule has 3 heteroatoms. The molecule has 1 aliphatic rings. The quantitative estimate of drug-likeness (QED) is 0.101. The molecule has 1 heterocycles. The van der Waals surface area contributed by atoms with E-state index in [1.807, 2.05) is 11.8 Å². The molecule has 0 radical (unpaired) electrons. The molecule has 0 aliphatic carbocycles. The zero-order valence-corrected chi connectivity index (χ0v) is 27.5. The summed E-state index contributed by atoms with van der Waals surface area (Å²) in [5.74, 6) is 0. The van der Waals surface area contributed by atoms with Crippen molar-refractivity contribution in [3.05, 3.63) is 48.5 Å². The van der Waals surface area contributed by atoms with Crippen LogP contribution in [0.2, 0.25) is 0 Å². The third-order valence-corrected chi connectivity index (χ3v) is 11.7. The molecule has 0 aromatic heterocycles. The van der Waals surface area contributed by atoms with Crippen LogP contribution in [0.3, 0.4) is 0 Å². The number of benzene rings is 2. The van der Waals surface area contributed by atoms with Crippen LogP contribution in [-0.2, 0) is 0 Å². The Morgan fingerprint density at radius 1 is 0.462 bits per heavy atom. The maximum atomic E-state index is 3.42. The van der Waals surface area contributed by atoms with Gasteiger partial charge in [0.1, 0.15) is 0 Å². The van der Waals surface area contributed by atoms with Crippen LogP contribution in [0.4, 0.5) is 11.4 Å². The average Bonchev–Trinajstić information content (AvgIpc) is 2.97. The van der Waals surface area contributed by atoms with E-state index in [0.717, 1.165) is 0 Å². The topological polar surface area (TPSA) is 12.0 Å². The molecular formula is C36H60NPS. The SMILES string of the molecule is CCCCCCCCP(CCCCCCCC)CCCCCCCC.c1ccc2c(c1)Nc1ccccc1S2. The van der Waals surface area contributed by atoms with E-state index in [9.17, 15) is 0 Å². The Labute approximate surface area is 248 Å². The van der Waals surface area contributed by atoms with E-state index in [4.69, 9.17) is 0 Å². The summed E-state index contributed by atoms with van der Waals surface area (Å²) in [5.41, 5.74) is 2.41. The predicted octanol–water partition coefficient (Wildman–Crippen LogP) is 13.4. The van der Waals surface area contributed by atoms with Gasteiger partial charge in [-0.3, -0.25) is 0 Å². The highest BCUT2D eigenvalue weighted by Gasteiger charge is 2.13. The van der Waals surface area contributed by atoms with Crippen LogP contribution in [0, 0.1) is 0 Å². The van der Waals surface area contributed by atoms with Crippen LogP contribution < -0.4 is 5.32 Å².